The molecule has 0 radical (unpaired) electrons. The van der Waals surface area contributed by atoms with E-state index in [-0.39, 0.29) is 29.6 Å². The highest BCUT2D eigenvalue weighted by Gasteiger charge is 2.67. The fourth-order valence-electron chi connectivity index (χ4n) is 3.33. The summed E-state index contributed by atoms with van der Waals surface area (Å²) in [6, 6.07) is 9.41. The molecule has 2 atom stereocenters. The summed E-state index contributed by atoms with van der Waals surface area (Å²) in [5, 5.41) is 8.97. The summed E-state index contributed by atoms with van der Waals surface area (Å²) in [6.45, 7) is 1.88. The van der Waals surface area contributed by atoms with Crippen LogP contribution in [0.25, 0.3) is 0 Å². The van der Waals surface area contributed by atoms with Crippen molar-refractivity contribution >= 4 is 81.4 Å². The van der Waals surface area contributed by atoms with Gasteiger partial charge in [0.25, 0.3) is 5.91 Å². The van der Waals surface area contributed by atoms with Crippen LogP contribution in [0.15, 0.2) is 36.4 Å². The van der Waals surface area contributed by atoms with Crippen molar-refractivity contribution < 1.29 is 14.4 Å². The van der Waals surface area contributed by atoms with Gasteiger partial charge in [0.1, 0.15) is 4.33 Å². The second-order valence-electron chi connectivity index (χ2n) is 7.26. The zero-order chi connectivity index (χ0) is 23.6. The molecule has 2 aromatic rings. The molecule has 0 aliphatic heterocycles. The molecule has 32 heavy (non-hydrogen) atoms. The van der Waals surface area contributed by atoms with Gasteiger partial charge >= 0.3 is 0 Å². The summed E-state index contributed by atoms with van der Waals surface area (Å²) in [6.07, 6.45) is 0. The molecule has 0 saturated heterocycles. The molecule has 11 heteroatoms. The highest BCUT2D eigenvalue weighted by molar-refractivity contribution is 6.53. The lowest BCUT2D eigenvalue weighted by molar-refractivity contribution is -0.119. The standard InChI is InChI=1S/C21H18Cl5N3O3/c1-10(30)27-4-5-28-19(31)15-9-14(2-3-16(15)24)29-20(32)18-17(21(18,25)26)11-6-12(22)8-13(23)7-11/h2-3,6-9,17-18H,4-5H2,1H3,(H,27,30)(H,28,31)(H,29,32)/t17-,18+/m1/s1. The lowest BCUT2D eigenvalue weighted by Gasteiger charge is -2.10. The number of nitrogens with one attached hydrogen (secondary N) is 3. The molecule has 0 unspecified atom stereocenters. The summed E-state index contributed by atoms with van der Waals surface area (Å²) >= 11 is 31.0. The number of rotatable bonds is 7. The molecule has 3 amide bonds. The summed E-state index contributed by atoms with van der Waals surface area (Å²) < 4.78 is -1.32. The number of alkyl halides is 2. The number of benzene rings is 2. The number of carbonyl (C=O) groups excluding carboxylic acids is 3. The van der Waals surface area contributed by atoms with Gasteiger partial charge in [-0.3, -0.25) is 14.4 Å². The Morgan fingerprint density at radius 2 is 1.56 bits per heavy atom. The van der Waals surface area contributed by atoms with Crippen LogP contribution in [-0.2, 0) is 9.59 Å². The largest absolute Gasteiger partial charge is 0.355 e. The van der Waals surface area contributed by atoms with Crippen molar-refractivity contribution in [2.45, 2.75) is 17.2 Å². The minimum Gasteiger partial charge on any atom is -0.355 e. The van der Waals surface area contributed by atoms with Crippen molar-refractivity contribution in [1.29, 1.82) is 0 Å². The van der Waals surface area contributed by atoms with Gasteiger partial charge in [-0.2, -0.15) is 0 Å². The van der Waals surface area contributed by atoms with Crippen LogP contribution < -0.4 is 16.0 Å². The third kappa shape index (κ3) is 5.80. The predicted molar refractivity (Wildman–Crippen MR) is 128 cm³/mol. The normalized spacial score (nSPS) is 18.6. The molecule has 0 heterocycles. The Labute approximate surface area is 209 Å². The van der Waals surface area contributed by atoms with E-state index in [0.29, 0.717) is 21.3 Å². The average molecular weight is 538 g/mol. The van der Waals surface area contributed by atoms with Crippen molar-refractivity contribution in [3.63, 3.8) is 0 Å². The third-order valence-electron chi connectivity index (χ3n) is 4.84. The van der Waals surface area contributed by atoms with Crippen molar-refractivity contribution in [1.82, 2.24) is 10.6 Å². The smallest absolute Gasteiger partial charge is 0.252 e. The van der Waals surface area contributed by atoms with Crippen LogP contribution in [0.5, 0.6) is 0 Å². The maximum atomic E-state index is 12.9. The molecule has 1 saturated carbocycles. The minimum atomic E-state index is -1.32. The SMILES string of the molecule is CC(=O)NCCNC(=O)c1cc(NC(=O)[C@@H]2[C@@H](c3cc(Cl)cc(Cl)c3)C2(Cl)Cl)ccc1Cl. The zero-order valence-electron chi connectivity index (χ0n) is 16.6. The monoisotopic (exact) mass is 535 g/mol. The molecule has 6 nitrogen and oxygen atoms in total. The van der Waals surface area contributed by atoms with E-state index in [1.807, 2.05) is 0 Å². The molecule has 1 fully saturated rings. The average Bonchev–Trinajstić information content (AvgIpc) is 3.28. The van der Waals surface area contributed by atoms with Crippen LogP contribution in [-0.4, -0.2) is 35.1 Å². The lowest BCUT2D eigenvalue weighted by Crippen LogP contribution is -2.33. The molecule has 1 aliphatic carbocycles. The van der Waals surface area contributed by atoms with E-state index in [2.05, 4.69) is 16.0 Å². The van der Waals surface area contributed by atoms with Crippen LogP contribution in [0.2, 0.25) is 15.1 Å². The fourth-order valence-corrected chi connectivity index (χ4v) is 4.90. The van der Waals surface area contributed by atoms with E-state index in [4.69, 9.17) is 58.0 Å². The molecule has 1 aliphatic rings. The van der Waals surface area contributed by atoms with Gasteiger partial charge in [-0.15, -0.1) is 23.2 Å². The Bertz CT molecular complexity index is 1060. The van der Waals surface area contributed by atoms with E-state index in [1.165, 1.54) is 19.1 Å². The van der Waals surface area contributed by atoms with Crippen molar-refractivity contribution in [3.8, 4) is 0 Å². The van der Waals surface area contributed by atoms with Gasteiger partial charge in [0.15, 0.2) is 0 Å². The minimum absolute atomic E-state index is 0.171. The highest BCUT2D eigenvalue weighted by atomic mass is 35.5. The molecule has 0 bridgehead atoms. The Morgan fingerprint density at radius 1 is 0.938 bits per heavy atom. The number of carbonyl (C=O) groups is 3. The summed E-state index contributed by atoms with van der Waals surface area (Å²) in [7, 11) is 0. The third-order valence-corrected chi connectivity index (χ3v) is 6.55. The Kier molecular flexibility index (Phi) is 7.84. The van der Waals surface area contributed by atoms with E-state index in [1.54, 1.807) is 24.3 Å². The maximum Gasteiger partial charge on any atom is 0.252 e. The van der Waals surface area contributed by atoms with Crippen LogP contribution in [0, 0.1) is 5.92 Å². The predicted octanol–water partition coefficient (Wildman–Crippen LogP) is 5.04. The van der Waals surface area contributed by atoms with Gasteiger partial charge in [0, 0.05) is 41.7 Å². The van der Waals surface area contributed by atoms with Crippen molar-refractivity contribution in [2.24, 2.45) is 5.92 Å². The van der Waals surface area contributed by atoms with Gasteiger partial charge in [0.2, 0.25) is 11.8 Å². The molecular weight excluding hydrogens is 520 g/mol. The van der Waals surface area contributed by atoms with Crippen molar-refractivity contribution in [2.75, 3.05) is 18.4 Å². The molecule has 170 valence electrons. The van der Waals surface area contributed by atoms with Crippen LogP contribution >= 0.6 is 58.0 Å². The number of anilines is 1. The first-order chi connectivity index (χ1) is 15.0. The second-order valence-corrected chi connectivity index (χ2v) is 9.98. The Hall–Kier alpha value is -1.70. The fraction of sp³-hybridized carbons (Fsp3) is 0.286. The van der Waals surface area contributed by atoms with Crippen LogP contribution in [0.4, 0.5) is 5.69 Å². The van der Waals surface area contributed by atoms with Crippen LogP contribution in [0.1, 0.15) is 28.8 Å². The molecular formula is C21H18Cl5N3O3. The first-order valence-electron chi connectivity index (χ1n) is 9.47. The van der Waals surface area contributed by atoms with Gasteiger partial charge in [-0.25, -0.2) is 0 Å². The zero-order valence-corrected chi connectivity index (χ0v) is 20.4. The van der Waals surface area contributed by atoms with E-state index in [9.17, 15) is 14.4 Å². The van der Waals surface area contributed by atoms with E-state index in [0.717, 1.165) is 0 Å². The van der Waals surface area contributed by atoms with Gasteiger partial charge in [0.05, 0.1) is 16.5 Å². The molecule has 3 rings (SSSR count). The molecule has 0 aromatic heterocycles. The van der Waals surface area contributed by atoms with Gasteiger partial charge < -0.3 is 16.0 Å². The summed E-state index contributed by atoms with van der Waals surface area (Å²) in [5.74, 6) is -2.30. The first kappa shape index (κ1) is 24.9. The number of halogens is 5. The Morgan fingerprint density at radius 3 is 2.19 bits per heavy atom. The van der Waals surface area contributed by atoms with E-state index < -0.39 is 28.0 Å². The quantitative estimate of drug-likeness (QED) is 0.342. The number of amides is 3. The molecule has 0 spiro atoms. The summed E-state index contributed by atoms with van der Waals surface area (Å²) in [4.78, 5) is 36.2. The molecule has 2 aromatic carbocycles. The number of hydrogen-bond donors (Lipinski definition) is 3. The topological polar surface area (TPSA) is 87.3 Å². The summed E-state index contributed by atoms with van der Waals surface area (Å²) in [5.41, 5.74) is 1.18. The van der Waals surface area contributed by atoms with Crippen molar-refractivity contribution in [3.05, 3.63) is 62.6 Å². The lowest BCUT2D eigenvalue weighted by atomic mass is 10.1. The maximum absolute atomic E-state index is 12.9. The Balaban J connectivity index is 1.69. The first-order valence-corrected chi connectivity index (χ1v) is 11.4. The van der Waals surface area contributed by atoms with Gasteiger partial charge in [-0.1, -0.05) is 34.8 Å². The highest BCUT2D eigenvalue weighted by Crippen LogP contribution is 2.65. The van der Waals surface area contributed by atoms with Gasteiger partial charge in [-0.05, 0) is 42.0 Å². The second kappa shape index (κ2) is 10.1. The molecule has 3 N–H and O–H groups in total. The van der Waals surface area contributed by atoms with Crippen LogP contribution in [0.3, 0.4) is 0 Å². The number of hydrogen-bond acceptors (Lipinski definition) is 3. The van der Waals surface area contributed by atoms with E-state index >= 15 is 0 Å².